The molecule has 0 spiro atoms. The van der Waals surface area contributed by atoms with Crippen molar-refractivity contribution in [3.8, 4) is 0 Å². The van der Waals surface area contributed by atoms with Crippen molar-refractivity contribution < 1.29 is 9.59 Å². The lowest BCUT2D eigenvalue weighted by Gasteiger charge is -2.28. The van der Waals surface area contributed by atoms with Gasteiger partial charge in [-0.3, -0.25) is 9.59 Å². The van der Waals surface area contributed by atoms with Gasteiger partial charge in [0.2, 0.25) is 11.8 Å². The summed E-state index contributed by atoms with van der Waals surface area (Å²) in [5.74, 6) is 0.782. The molecule has 2 fully saturated rings. The highest BCUT2D eigenvalue weighted by Gasteiger charge is 2.28. The van der Waals surface area contributed by atoms with Crippen LogP contribution in [-0.2, 0) is 16.0 Å². The Kier molecular flexibility index (Phi) is 6.70. The van der Waals surface area contributed by atoms with Crippen LogP contribution in [0.4, 0.5) is 0 Å². The summed E-state index contributed by atoms with van der Waals surface area (Å²) in [6.07, 6.45) is 7.99. The predicted molar refractivity (Wildman–Crippen MR) is 104 cm³/mol. The molecule has 1 aliphatic heterocycles. The number of amides is 2. The van der Waals surface area contributed by atoms with Crippen molar-refractivity contribution >= 4 is 11.8 Å². The molecule has 1 saturated heterocycles. The number of rotatable bonds is 4. The maximum atomic E-state index is 12.7. The summed E-state index contributed by atoms with van der Waals surface area (Å²) in [6, 6.07) is 8.38. The van der Waals surface area contributed by atoms with Gasteiger partial charge in [0.25, 0.3) is 0 Å². The van der Waals surface area contributed by atoms with Gasteiger partial charge < -0.3 is 9.80 Å². The third-order valence-corrected chi connectivity index (χ3v) is 5.82. The van der Waals surface area contributed by atoms with Crippen molar-refractivity contribution in [1.29, 1.82) is 0 Å². The van der Waals surface area contributed by atoms with Crippen molar-refractivity contribution in [1.82, 2.24) is 9.80 Å². The van der Waals surface area contributed by atoms with E-state index in [1.54, 1.807) is 0 Å². The summed E-state index contributed by atoms with van der Waals surface area (Å²) in [5, 5.41) is 0. The minimum absolute atomic E-state index is 0.221. The molecular weight excluding hydrogens is 324 g/mol. The van der Waals surface area contributed by atoms with E-state index in [1.165, 1.54) is 30.4 Å². The van der Waals surface area contributed by atoms with Crippen LogP contribution in [0.25, 0.3) is 0 Å². The van der Waals surface area contributed by atoms with Crippen LogP contribution < -0.4 is 0 Å². The molecule has 2 amide bonds. The molecule has 3 rings (SSSR count). The summed E-state index contributed by atoms with van der Waals surface area (Å²) in [4.78, 5) is 29.3. The number of hydrogen-bond donors (Lipinski definition) is 0. The average Bonchev–Trinajstić information content (AvgIpc) is 2.92. The van der Waals surface area contributed by atoms with Gasteiger partial charge >= 0.3 is 0 Å². The van der Waals surface area contributed by atoms with Crippen molar-refractivity contribution in [2.24, 2.45) is 5.92 Å². The van der Waals surface area contributed by atoms with Gasteiger partial charge in [0.15, 0.2) is 0 Å². The molecule has 2 aliphatic rings. The highest BCUT2D eigenvalue weighted by atomic mass is 16.2. The van der Waals surface area contributed by atoms with Gasteiger partial charge in [0.1, 0.15) is 0 Å². The Labute approximate surface area is 157 Å². The van der Waals surface area contributed by atoms with Gasteiger partial charge in [-0.25, -0.2) is 0 Å². The maximum absolute atomic E-state index is 12.7. The van der Waals surface area contributed by atoms with Crippen molar-refractivity contribution in [2.75, 3.05) is 26.2 Å². The summed E-state index contributed by atoms with van der Waals surface area (Å²) < 4.78 is 0. The van der Waals surface area contributed by atoms with Crippen LogP contribution in [0.3, 0.4) is 0 Å². The van der Waals surface area contributed by atoms with Gasteiger partial charge in [-0.15, -0.1) is 0 Å². The van der Waals surface area contributed by atoms with E-state index in [9.17, 15) is 9.59 Å². The first-order chi connectivity index (χ1) is 12.6. The number of carbonyl (C=O) groups excluding carboxylic acids is 2. The third kappa shape index (κ3) is 5.09. The van der Waals surface area contributed by atoms with E-state index in [1.807, 2.05) is 9.80 Å². The Balaban J connectivity index is 1.48. The summed E-state index contributed by atoms with van der Waals surface area (Å²) in [5.41, 5.74) is 2.46. The van der Waals surface area contributed by atoms with Crippen molar-refractivity contribution in [2.45, 2.75) is 58.3 Å². The smallest absolute Gasteiger partial charge is 0.225 e. The second-order valence-corrected chi connectivity index (χ2v) is 7.88. The number of carbonyl (C=O) groups is 2. The quantitative estimate of drug-likeness (QED) is 0.827. The molecule has 1 heterocycles. The van der Waals surface area contributed by atoms with E-state index in [0.717, 1.165) is 38.8 Å². The molecule has 4 heteroatoms. The lowest BCUT2D eigenvalue weighted by atomic mass is 9.88. The Morgan fingerprint density at radius 3 is 2.46 bits per heavy atom. The third-order valence-electron chi connectivity index (χ3n) is 5.82. The SMILES string of the molecule is Cc1cccc(CCC(=O)N2CCCN(C(=O)C3CCCCC3)CC2)c1. The van der Waals surface area contributed by atoms with E-state index in [-0.39, 0.29) is 11.8 Å². The normalized spacial score (nSPS) is 19.3. The first kappa shape index (κ1) is 18.9. The Bertz CT molecular complexity index is 622. The molecule has 4 nitrogen and oxygen atoms in total. The van der Waals surface area contributed by atoms with Crippen LogP contribution >= 0.6 is 0 Å². The number of hydrogen-bond acceptors (Lipinski definition) is 2. The standard InChI is InChI=1S/C22H32N2O2/c1-18-7-5-8-19(17-18)11-12-21(25)23-13-6-14-24(16-15-23)22(26)20-9-3-2-4-10-20/h5,7-8,17,20H,2-4,6,9-16H2,1H3. The second-order valence-electron chi connectivity index (χ2n) is 7.88. The molecule has 26 heavy (non-hydrogen) atoms. The fourth-order valence-electron chi connectivity index (χ4n) is 4.27. The molecule has 1 aliphatic carbocycles. The second kappa shape index (κ2) is 9.20. The fourth-order valence-corrected chi connectivity index (χ4v) is 4.27. The molecule has 1 saturated carbocycles. The van der Waals surface area contributed by atoms with E-state index in [2.05, 4.69) is 31.2 Å². The van der Waals surface area contributed by atoms with Crippen molar-refractivity contribution in [3.63, 3.8) is 0 Å². The molecule has 0 aromatic heterocycles. The highest BCUT2D eigenvalue weighted by Crippen LogP contribution is 2.26. The van der Waals surface area contributed by atoms with Gasteiger partial charge in [-0.05, 0) is 38.2 Å². The summed E-state index contributed by atoms with van der Waals surface area (Å²) in [6.45, 7) is 5.05. The molecule has 0 bridgehead atoms. The largest absolute Gasteiger partial charge is 0.341 e. The topological polar surface area (TPSA) is 40.6 Å². The molecule has 1 aromatic carbocycles. The van der Waals surface area contributed by atoms with Crippen LogP contribution in [0.2, 0.25) is 0 Å². The number of nitrogens with zero attached hydrogens (tertiary/aromatic N) is 2. The molecular formula is C22H32N2O2. The monoisotopic (exact) mass is 356 g/mol. The van der Waals surface area contributed by atoms with Gasteiger partial charge in [-0.2, -0.15) is 0 Å². The molecule has 142 valence electrons. The highest BCUT2D eigenvalue weighted by molar-refractivity contribution is 5.79. The van der Waals surface area contributed by atoms with E-state index < -0.39 is 0 Å². The molecule has 1 aromatic rings. The zero-order chi connectivity index (χ0) is 18.4. The van der Waals surface area contributed by atoms with Crippen molar-refractivity contribution in [3.05, 3.63) is 35.4 Å². The minimum Gasteiger partial charge on any atom is -0.341 e. The van der Waals surface area contributed by atoms with Crippen LogP contribution in [0, 0.1) is 12.8 Å². The van der Waals surface area contributed by atoms with Crippen LogP contribution in [0.1, 0.15) is 56.1 Å². The molecule has 0 radical (unpaired) electrons. The first-order valence-corrected chi connectivity index (χ1v) is 10.3. The predicted octanol–water partition coefficient (Wildman–Crippen LogP) is 3.57. The lowest BCUT2D eigenvalue weighted by molar-refractivity contribution is -0.137. The van der Waals surface area contributed by atoms with Crippen LogP contribution in [-0.4, -0.2) is 47.8 Å². The summed E-state index contributed by atoms with van der Waals surface area (Å²) in [7, 11) is 0. The Hall–Kier alpha value is -1.84. The molecule has 0 unspecified atom stereocenters. The zero-order valence-corrected chi connectivity index (χ0v) is 16.1. The summed E-state index contributed by atoms with van der Waals surface area (Å²) >= 11 is 0. The van der Waals surface area contributed by atoms with Crippen LogP contribution in [0.5, 0.6) is 0 Å². The number of aryl methyl sites for hydroxylation is 2. The molecule has 0 atom stereocenters. The van der Waals surface area contributed by atoms with Crippen LogP contribution in [0.15, 0.2) is 24.3 Å². The van der Waals surface area contributed by atoms with Gasteiger partial charge in [0.05, 0.1) is 0 Å². The maximum Gasteiger partial charge on any atom is 0.225 e. The lowest BCUT2D eigenvalue weighted by Crippen LogP contribution is -2.40. The Morgan fingerprint density at radius 1 is 0.962 bits per heavy atom. The minimum atomic E-state index is 0.221. The Morgan fingerprint density at radius 2 is 1.69 bits per heavy atom. The van der Waals surface area contributed by atoms with E-state index >= 15 is 0 Å². The van der Waals surface area contributed by atoms with Gasteiger partial charge in [0, 0.05) is 38.5 Å². The van der Waals surface area contributed by atoms with Gasteiger partial charge in [-0.1, -0.05) is 49.1 Å². The average molecular weight is 357 g/mol. The van der Waals surface area contributed by atoms with E-state index in [4.69, 9.17) is 0 Å². The van der Waals surface area contributed by atoms with E-state index in [0.29, 0.717) is 25.4 Å². The zero-order valence-electron chi connectivity index (χ0n) is 16.1. The fraction of sp³-hybridized carbons (Fsp3) is 0.636. The number of benzene rings is 1. The molecule has 0 N–H and O–H groups in total. The first-order valence-electron chi connectivity index (χ1n) is 10.3.